The summed E-state index contributed by atoms with van der Waals surface area (Å²) in [5, 5.41) is 0.539. The van der Waals surface area contributed by atoms with Gasteiger partial charge in [0.1, 0.15) is 0 Å². The second kappa shape index (κ2) is 5.44. The van der Waals surface area contributed by atoms with E-state index in [1.165, 1.54) is 10.5 Å². The average Bonchev–Trinajstić information content (AvgIpc) is 2.77. The van der Waals surface area contributed by atoms with Crippen molar-refractivity contribution in [3.63, 3.8) is 0 Å². The number of nitrogens with zero attached hydrogens (tertiary/aromatic N) is 1. The van der Waals surface area contributed by atoms with E-state index in [2.05, 4.69) is 43.0 Å². The first-order chi connectivity index (χ1) is 9.53. The van der Waals surface area contributed by atoms with E-state index in [1.54, 1.807) is 0 Å². The Hall–Kier alpha value is -0.960. The molecule has 0 N–H and O–H groups in total. The van der Waals surface area contributed by atoms with E-state index in [-0.39, 0.29) is 0 Å². The van der Waals surface area contributed by atoms with Crippen molar-refractivity contribution >= 4 is 17.7 Å². The number of carbonyl (C=O) groups excluding carboxylic acids is 1. The highest BCUT2D eigenvalue weighted by Gasteiger charge is 2.30. The number of likely N-dealkylation sites (tertiary alicyclic amines) is 1. The Kier molecular flexibility index (Phi) is 3.80. The van der Waals surface area contributed by atoms with Crippen molar-refractivity contribution in [2.75, 3.05) is 13.1 Å². The smallest absolute Gasteiger partial charge is 0.222 e. The van der Waals surface area contributed by atoms with Gasteiger partial charge in [-0.15, -0.1) is 11.8 Å². The lowest BCUT2D eigenvalue weighted by atomic mass is 9.85. The van der Waals surface area contributed by atoms with Crippen LogP contribution in [0.2, 0.25) is 0 Å². The first-order valence-electron chi connectivity index (χ1n) is 7.56. The Labute approximate surface area is 125 Å². The van der Waals surface area contributed by atoms with Crippen LogP contribution in [0, 0.1) is 5.41 Å². The molecule has 0 aliphatic carbocycles. The molecular formula is C17H23NOS. The molecule has 0 bridgehead atoms. The van der Waals surface area contributed by atoms with Crippen molar-refractivity contribution in [3.8, 4) is 0 Å². The van der Waals surface area contributed by atoms with Gasteiger partial charge in [-0.2, -0.15) is 0 Å². The van der Waals surface area contributed by atoms with Gasteiger partial charge in [0.2, 0.25) is 5.91 Å². The molecule has 108 valence electrons. The van der Waals surface area contributed by atoms with E-state index in [0.717, 1.165) is 38.8 Å². The monoisotopic (exact) mass is 289 g/mol. The first kappa shape index (κ1) is 14.0. The fraction of sp³-hybridized carbons (Fsp3) is 0.588. The molecule has 3 heteroatoms. The van der Waals surface area contributed by atoms with Crippen LogP contribution in [-0.4, -0.2) is 29.1 Å². The number of hydrogen-bond acceptors (Lipinski definition) is 2. The van der Waals surface area contributed by atoms with Crippen LogP contribution in [0.4, 0.5) is 0 Å². The average molecular weight is 289 g/mol. The second-order valence-electron chi connectivity index (χ2n) is 6.81. The minimum absolute atomic E-state index is 0.316. The molecule has 1 aromatic carbocycles. The third kappa shape index (κ3) is 3.03. The Morgan fingerprint density at radius 3 is 2.90 bits per heavy atom. The van der Waals surface area contributed by atoms with Gasteiger partial charge in [-0.05, 0) is 36.3 Å². The summed E-state index contributed by atoms with van der Waals surface area (Å²) in [7, 11) is 0. The van der Waals surface area contributed by atoms with Crippen LogP contribution < -0.4 is 0 Å². The number of rotatable bonds is 2. The Balaban J connectivity index is 1.63. The van der Waals surface area contributed by atoms with Crippen LogP contribution in [0.15, 0.2) is 29.2 Å². The molecule has 2 aliphatic heterocycles. The zero-order valence-electron chi connectivity index (χ0n) is 12.4. The van der Waals surface area contributed by atoms with Crippen molar-refractivity contribution in [1.82, 2.24) is 4.90 Å². The molecular weight excluding hydrogens is 266 g/mol. The summed E-state index contributed by atoms with van der Waals surface area (Å²) in [4.78, 5) is 15.8. The number of carbonyl (C=O) groups is 1. The maximum atomic E-state index is 12.3. The third-order valence-electron chi connectivity index (χ3n) is 4.56. The van der Waals surface area contributed by atoms with Crippen LogP contribution in [-0.2, 0) is 11.2 Å². The van der Waals surface area contributed by atoms with Gasteiger partial charge in [0.15, 0.2) is 0 Å². The Morgan fingerprint density at radius 1 is 1.30 bits per heavy atom. The number of amides is 1. The lowest BCUT2D eigenvalue weighted by Gasteiger charge is -2.25. The normalized spacial score (nSPS) is 25.4. The van der Waals surface area contributed by atoms with Crippen molar-refractivity contribution in [2.24, 2.45) is 5.41 Å². The molecule has 20 heavy (non-hydrogen) atoms. The molecule has 1 atom stereocenters. The molecule has 2 heterocycles. The van der Waals surface area contributed by atoms with Crippen LogP contribution in [0.25, 0.3) is 0 Å². The van der Waals surface area contributed by atoms with E-state index in [1.807, 2.05) is 11.8 Å². The van der Waals surface area contributed by atoms with Crippen LogP contribution in [0.1, 0.15) is 38.7 Å². The standard InChI is InChI=1S/C17H23NOS/c1-17(2)8-7-16(19)18(10-9-17)12-14-11-13-5-3-4-6-15(13)20-14/h3-6,14H,7-12H2,1-2H3. The van der Waals surface area contributed by atoms with Crippen molar-refractivity contribution in [3.05, 3.63) is 29.8 Å². The molecule has 1 unspecified atom stereocenters. The molecule has 0 spiro atoms. The molecule has 1 saturated heterocycles. The van der Waals surface area contributed by atoms with Gasteiger partial charge in [0.25, 0.3) is 0 Å². The van der Waals surface area contributed by atoms with Crippen LogP contribution in [0.3, 0.4) is 0 Å². The lowest BCUT2D eigenvalue weighted by molar-refractivity contribution is -0.130. The minimum Gasteiger partial charge on any atom is -0.342 e. The summed E-state index contributed by atoms with van der Waals surface area (Å²) >= 11 is 1.94. The molecule has 1 amide bonds. The highest BCUT2D eigenvalue weighted by Crippen LogP contribution is 2.38. The van der Waals surface area contributed by atoms with Gasteiger partial charge in [-0.25, -0.2) is 0 Å². The van der Waals surface area contributed by atoms with Gasteiger partial charge in [-0.1, -0.05) is 32.0 Å². The first-order valence-corrected chi connectivity index (χ1v) is 8.44. The zero-order valence-corrected chi connectivity index (χ0v) is 13.2. The SMILES string of the molecule is CC1(C)CCC(=O)N(CC2Cc3ccccc3S2)CC1. The van der Waals surface area contributed by atoms with Crippen molar-refractivity contribution in [1.29, 1.82) is 0 Å². The van der Waals surface area contributed by atoms with E-state index in [9.17, 15) is 4.79 Å². The minimum atomic E-state index is 0.316. The summed E-state index contributed by atoms with van der Waals surface area (Å²) in [5.74, 6) is 0.354. The fourth-order valence-electron chi connectivity index (χ4n) is 3.09. The predicted octanol–water partition coefficient (Wildman–Crippen LogP) is 3.74. The highest BCUT2D eigenvalue weighted by atomic mass is 32.2. The maximum Gasteiger partial charge on any atom is 0.222 e. The van der Waals surface area contributed by atoms with Gasteiger partial charge in [0.05, 0.1) is 0 Å². The Bertz CT molecular complexity index is 486. The second-order valence-corrected chi connectivity index (χ2v) is 8.15. The number of thioether (sulfide) groups is 1. The maximum absolute atomic E-state index is 12.3. The zero-order chi connectivity index (χ0) is 14.2. The van der Waals surface area contributed by atoms with E-state index < -0.39 is 0 Å². The van der Waals surface area contributed by atoms with Crippen molar-refractivity contribution < 1.29 is 4.79 Å². The quantitative estimate of drug-likeness (QED) is 0.826. The summed E-state index contributed by atoms with van der Waals surface area (Å²) in [6.07, 6.45) is 3.98. The molecule has 2 aliphatic rings. The molecule has 0 radical (unpaired) electrons. The van der Waals surface area contributed by atoms with Gasteiger partial charge >= 0.3 is 0 Å². The number of hydrogen-bond donors (Lipinski definition) is 0. The summed E-state index contributed by atoms with van der Waals surface area (Å²) in [5.41, 5.74) is 1.76. The number of benzene rings is 1. The van der Waals surface area contributed by atoms with E-state index in [0.29, 0.717) is 16.6 Å². The van der Waals surface area contributed by atoms with Crippen LogP contribution in [0.5, 0.6) is 0 Å². The Morgan fingerprint density at radius 2 is 2.10 bits per heavy atom. The summed E-state index contributed by atoms with van der Waals surface area (Å²) in [6, 6.07) is 8.64. The fourth-order valence-corrected chi connectivity index (χ4v) is 4.42. The topological polar surface area (TPSA) is 20.3 Å². The molecule has 1 aromatic rings. The molecule has 1 fully saturated rings. The molecule has 0 aromatic heterocycles. The lowest BCUT2D eigenvalue weighted by Crippen LogP contribution is -2.36. The summed E-state index contributed by atoms with van der Waals surface area (Å²) < 4.78 is 0. The third-order valence-corrected chi connectivity index (χ3v) is 5.87. The highest BCUT2D eigenvalue weighted by molar-refractivity contribution is 8.00. The number of fused-ring (bicyclic) bond motifs is 1. The molecule has 3 rings (SSSR count). The van der Waals surface area contributed by atoms with Crippen molar-refractivity contribution in [2.45, 2.75) is 49.7 Å². The van der Waals surface area contributed by atoms with Crippen LogP contribution >= 0.6 is 11.8 Å². The summed E-state index contributed by atoms with van der Waals surface area (Å²) in [6.45, 7) is 6.40. The molecule has 2 nitrogen and oxygen atoms in total. The van der Waals surface area contributed by atoms with Gasteiger partial charge < -0.3 is 4.90 Å². The largest absolute Gasteiger partial charge is 0.342 e. The molecule has 0 saturated carbocycles. The van der Waals surface area contributed by atoms with Gasteiger partial charge in [0, 0.05) is 29.7 Å². The van der Waals surface area contributed by atoms with E-state index in [4.69, 9.17) is 0 Å². The predicted molar refractivity (Wildman–Crippen MR) is 84.0 cm³/mol. The van der Waals surface area contributed by atoms with Gasteiger partial charge in [-0.3, -0.25) is 4.79 Å². The van der Waals surface area contributed by atoms with E-state index >= 15 is 0 Å².